The van der Waals surface area contributed by atoms with Crippen molar-refractivity contribution >= 4 is 33.1 Å². The summed E-state index contributed by atoms with van der Waals surface area (Å²) >= 11 is 1.55. The lowest BCUT2D eigenvalue weighted by Gasteiger charge is -1.89. The van der Waals surface area contributed by atoms with Crippen LogP contribution in [0.2, 0.25) is 0 Å². The van der Waals surface area contributed by atoms with Crippen molar-refractivity contribution in [3.63, 3.8) is 0 Å². The zero-order valence-corrected chi connectivity index (χ0v) is 9.08. The van der Waals surface area contributed by atoms with Gasteiger partial charge in [0, 0.05) is 5.69 Å². The van der Waals surface area contributed by atoms with Crippen molar-refractivity contribution in [2.45, 2.75) is 0 Å². The molecule has 0 aliphatic heterocycles. The Morgan fingerprint density at radius 1 is 1.25 bits per heavy atom. The number of nitrogens with two attached hydrogens (primary N) is 2. The Kier molecular flexibility index (Phi) is 1.84. The van der Waals surface area contributed by atoms with Gasteiger partial charge in [0.05, 0.1) is 22.0 Å². The molecule has 0 saturated carbocycles. The summed E-state index contributed by atoms with van der Waals surface area (Å²) in [5, 5.41) is 7.42. The molecule has 0 radical (unpaired) electrons. The average Bonchev–Trinajstić information content (AvgIpc) is 2.82. The van der Waals surface area contributed by atoms with Gasteiger partial charge in [-0.05, 0) is 18.2 Å². The maximum absolute atomic E-state index is 5.75. The maximum atomic E-state index is 5.75. The Morgan fingerprint density at radius 2 is 2.12 bits per heavy atom. The number of nitrogens with zero attached hydrogens (tertiary/aromatic N) is 2. The van der Waals surface area contributed by atoms with Gasteiger partial charge in [0.1, 0.15) is 10.8 Å². The van der Waals surface area contributed by atoms with Crippen LogP contribution in [0.25, 0.3) is 20.8 Å². The molecule has 16 heavy (non-hydrogen) atoms. The molecule has 1 aromatic carbocycles. The lowest BCUT2D eigenvalue weighted by atomic mass is 10.3. The number of aromatic amines is 1. The summed E-state index contributed by atoms with van der Waals surface area (Å²) in [5.41, 5.74) is 14.0. The monoisotopic (exact) mass is 231 g/mol. The molecule has 6 heteroatoms. The second-order valence-corrected chi connectivity index (χ2v) is 4.47. The minimum absolute atomic E-state index is 0.534. The van der Waals surface area contributed by atoms with E-state index >= 15 is 0 Å². The van der Waals surface area contributed by atoms with Crippen LogP contribution >= 0.6 is 11.3 Å². The number of anilines is 2. The highest BCUT2D eigenvalue weighted by molar-refractivity contribution is 7.21. The third-order valence-corrected chi connectivity index (χ3v) is 3.36. The van der Waals surface area contributed by atoms with Gasteiger partial charge in [0.2, 0.25) is 0 Å². The van der Waals surface area contributed by atoms with Gasteiger partial charge in [-0.25, -0.2) is 4.98 Å². The Labute approximate surface area is 95.1 Å². The second-order valence-electron chi connectivity index (χ2n) is 3.44. The number of hydrogen-bond donors (Lipinski definition) is 3. The van der Waals surface area contributed by atoms with Crippen molar-refractivity contribution in [2.75, 3.05) is 11.5 Å². The van der Waals surface area contributed by atoms with Crippen LogP contribution in [0.5, 0.6) is 0 Å². The van der Waals surface area contributed by atoms with Crippen LogP contribution in [0.4, 0.5) is 11.5 Å². The molecule has 2 aromatic heterocycles. The highest BCUT2D eigenvalue weighted by atomic mass is 32.1. The van der Waals surface area contributed by atoms with Crippen molar-refractivity contribution in [2.24, 2.45) is 0 Å². The topological polar surface area (TPSA) is 93.6 Å². The van der Waals surface area contributed by atoms with Crippen molar-refractivity contribution in [3.05, 3.63) is 24.4 Å². The molecular weight excluding hydrogens is 222 g/mol. The van der Waals surface area contributed by atoms with E-state index in [1.807, 2.05) is 18.2 Å². The summed E-state index contributed by atoms with van der Waals surface area (Å²) in [5.74, 6) is 0.534. The third-order valence-electron chi connectivity index (χ3n) is 2.31. The number of thiazole rings is 1. The van der Waals surface area contributed by atoms with Gasteiger partial charge in [-0.1, -0.05) is 0 Å². The van der Waals surface area contributed by atoms with Gasteiger partial charge in [-0.15, -0.1) is 11.3 Å². The van der Waals surface area contributed by atoms with Crippen LogP contribution in [0.3, 0.4) is 0 Å². The van der Waals surface area contributed by atoms with E-state index in [0.717, 1.165) is 26.5 Å². The van der Waals surface area contributed by atoms with Crippen LogP contribution in [-0.4, -0.2) is 15.2 Å². The summed E-state index contributed by atoms with van der Waals surface area (Å²) in [6.45, 7) is 0. The van der Waals surface area contributed by atoms with Crippen molar-refractivity contribution < 1.29 is 0 Å². The molecule has 80 valence electrons. The van der Waals surface area contributed by atoms with Crippen LogP contribution in [0.1, 0.15) is 0 Å². The Balaban J connectivity index is 2.23. The fourth-order valence-electron chi connectivity index (χ4n) is 1.52. The first-order valence-corrected chi connectivity index (χ1v) is 5.51. The summed E-state index contributed by atoms with van der Waals surface area (Å²) < 4.78 is 1.05. The van der Waals surface area contributed by atoms with E-state index in [9.17, 15) is 0 Å². The fraction of sp³-hybridized carbons (Fsp3) is 0. The molecular formula is C10H9N5S. The van der Waals surface area contributed by atoms with E-state index in [1.54, 1.807) is 17.5 Å². The van der Waals surface area contributed by atoms with Crippen molar-refractivity contribution in [1.82, 2.24) is 15.2 Å². The van der Waals surface area contributed by atoms with E-state index in [0.29, 0.717) is 5.82 Å². The molecule has 0 bridgehead atoms. The number of H-pyrrole nitrogens is 1. The van der Waals surface area contributed by atoms with Crippen LogP contribution in [-0.2, 0) is 0 Å². The minimum atomic E-state index is 0.534. The molecule has 0 aliphatic carbocycles. The van der Waals surface area contributed by atoms with E-state index < -0.39 is 0 Å². The van der Waals surface area contributed by atoms with E-state index in [4.69, 9.17) is 11.5 Å². The number of nitrogens with one attached hydrogen (secondary N) is 1. The summed E-state index contributed by atoms with van der Waals surface area (Å²) in [7, 11) is 0. The van der Waals surface area contributed by atoms with Gasteiger partial charge in [-0.2, -0.15) is 5.10 Å². The first kappa shape index (κ1) is 9.17. The highest BCUT2D eigenvalue weighted by Crippen LogP contribution is 2.32. The molecule has 5 N–H and O–H groups in total. The molecule has 0 spiro atoms. The highest BCUT2D eigenvalue weighted by Gasteiger charge is 2.10. The number of hydrogen-bond acceptors (Lipinski definition) is 5. The predicted molar refractivity (Wildman–Crippen MR) is 66.0 cm³/mol. The summed E-state index contributed by atoms with van der Waals surface area (Å²) in [4.78, 5) is 4.48. The van der Waals surface area contributed by atoms with Gasteiger partial charge < -0.3 is 11.5 Å². The quantitative estimate of drug-likeness (QED) is 0.557. The standard InChI is InChI=1S/C10H9N5S/c11-5-1-2-7-8(3-5)16-10(14-7)6-4-13-15-9(6)12/h1-4H,11H2,(H3,12,13,15). The number of fused-ring (bicyclic) bond motifs is 1. The lowest BCUT2D eigenvalue weighted by Crippen LogP contribution is -1.86. The van der Waals surface area contributed by atoms with E-state index in [-0.39, 0.29) is 0 Å². The first-order chi connectivity index (χ1) is 7.74. The molecule has 0 amide bonds. The van der Waals surface area contributed by atoms with Gasteiger partial charge in [-0.3, -0.25) is 5.10 Å². The van der Waals surface area contributed by atoms with Gasteiger partial charge in [0.25, 0.3) is 0 Å². The molecule has 0 atom stereocenters. The first-order valence-electron chi connectivity index (χ1n) is 4.69. The van der Waals surface area contributed by atoms with E-state index in [2.05, 4.69) is 15.2 Å². The van der Waals surface area contributed by atoms with Gasteiger partial charge in [0.15, 0.2) is 0 Å². The predicted octanol–water partition coefficient (Wildman–Crippen LogP) is 1.85. The zero-order valence-electron chi connectivity index (χ0n) is 8.27. The molecule has 0 fully saturated rings. The Morgan fingerprint density at radius 3 is 2.88 bits per heavy atom. The smallest absolute Gasteiger partial charge is 0.129 e. The number of aromatic nitrogens is 3. The van der Waals surface area contributed by atoms with Crippen LogP contribution in [0.15, 0.2) is 24.4 Å². The van der Waals surface area contributed by atoms with Crippen LogP contribution < -0.4 is 11.5 Å². The molecule has 0 aliphatic rings. The van der Waals surface area contributed by atoms with Crippen molar-refractivity contribution in [1.29, 1.82) is 0 Å². The maximum Gasteiger partial charge on any atom is 0.129 e. The second kappa shape index (κ2) is 3.21. The average molecular weight is 231 g/mol. The minimum Gasteiger partial charge on any atom is -0.399 e. The fourth-order valence-corrected chi connectivity index (χ4v) is 2.56. The molecule has 2 heterocycles. The number of nitrogen functional groups attached to an aromatic ring is 2. The molecule has 0 unspecified atom stereocenters. The summed E-state index contributed by atoms with van der Waals surface area (Å²) in [6, 6.07) is 5.65. The number of rotatable bonds is 1. The Hall–Kier alpha value is -2.08. The Bertz CT molecular complexity index is 654. The number of benzene rings is 1. The SMILES string of the molecule is Nc1ccc2nc(-c3cn[nH]c3N)sc2c1. The largest absolute Gasteiger partial charge is 0.399 e. The van der Waals surface area contributed by atoms with E-state index in [1.165, 1.54) is 0 Å². The molecule has 3 aromatic rings. The van der Waals surface area contributed by atoms with Crippen molar-refractivity contribution in [3.8, 4) is 10.6 Å². The van der Waals surface area contributed by atoms with Gasteiger partial charge >= 0.3 is 0 Å². The zero-order chi connectivity index (χ0) is 11.1. The van der Waals surface area contributed by atoms with Crippen LogP contribution in [0, 0.1) is 0 Å². The molecule has 3 rings (SSSR count). The molecule has 0 saturated heterocycles. The lowest BCUT2D eigenvalue weighted by molar-refractivity contribution is 1.10. The summed E-state index contributed by atoms with van der Waals surface area (Å²) in [6.07, 6.45) is 1.68. The molecule has 5 nitrogen and oxygen atoms in total. The third kappa shape index (κ3) is 1.31. The normalized spacial score (nSPS) is 11.0.